The molecule has 0 atom stereocenters. The van der Waals surface area contributed by atoms with Crippen LogP contribution in [0.2, 0.25) is 0 Å². The van der Waals surface area contributed by atoms with Crippen molar-refractivity contribution in [2.45, 2.75) is 52.4 Å². The number of nitrogens with zero attached hydrogens (tertiary/aromatic N) is 4. The van der Waals surface area contributed by atoms with Crippen molar-refractivity contribution in [3.63, 3.8) is 0 Å². The van der Waals surface area contributed by atoms with Crippen LogP contribution in [0.4, 0.5) is 31.5 Å². The molecule has 3 heterocycles. The van der Waals surface area contributed by atoms with E-state index in [0.29, 0.717) is 17.2 Å². The summed E-state index contributed by atoms with van der Waals surface area (Å²) in [5.41, 5.74) is 12.4. The quantitative estimate of drug-likeness (QED) is 0.112. The topological polar surface area (TPSA) is 33.1 Å². The number of pyridine rings is 1. The van der Waals surface area contributed by atoms with Crippen molar-refractivity contribution >= 4 is 50.6 Å². The van der Waals surface area contributed by atoms with Crippen LogP contribution < -0.4 is 13.9 Å². The first-order chi connectivity index (χ1) is 33.3. The second kappa shape index (κ2) is 18.1. The van der Waals surface area contributed by atoms with Gasteiger partial charge >= 0.3 is 27.1 Å². The monoisotopic (exact) mass is 1100 g/mol. The van der Waals surface area contributed by atoms with Crippen molar-refractivity contribution in [3.05, 3.63) is 217 Å². The third-order valence-electron chi connectivity index (χ3n) is 12.9. The molecular formula is C62H48F2N4OPt+2. The molecule has 0 saturated heterocycles. The Hall–Kier alpha value is -7.56. The van der Waals surface area contributed by atoms with Crippen LogP contribution in [0.15, 0.2) is 182 Å². The molecule has 0 bridgehead atoms. The van der Waals surface area contributed by atoms with Crippen LogP contribution in [-0.2, 0) is 31.9 Å². The normalized spacial score (nSPS) is 12.4. The fourth-order valence-electron chi connectivity index (χ4n) is 9.21. The van der Waals surface area contributed by atoms with E-state index < -0.39 is 0 Å². The molecule has 0 unspecified atom stereocenters. The zero-order chi connectivity index (χ0) is 47.6. The van der Waals surface area contributed by atoms with Crippen LogP contribution in [0.25, 0.3) is 61.0 Å². The summed E-state index contributed by atoms with van der Waals surface area (Å²) < 4.78 is 42.3. The molecule has 0 aliphatic carbocycles. The predicted octanol–water partition coefficient (Wildman–Crippen LogP) is 16.3. The summed E-state index contributed by atoms with van der Waals surface area (Å²) in [5, 5.41) is 2.14. The van der Waals surface area contributed by atoms with E-state index >= 15 is 0 Å². The largest absolute Gasteiger partial charge is 2.00 e. The van der Waals surface area contributed by atoms with E-state index in [1.165, 1.54) is 29.8 Å². The minimum atomic E-state index is -0.323. The number of rotatable bonds is 8. The molecule has 70 heavy (non-hydrogen) atoms. The van der Waals surface area contributed by atoms with Gasteiger partial charge in [0.1, 0.15) is 23.1 Å². The molecule has 5 nitrogen and oxygen atoms in total. The first-order valence-electron chi connectivity index (χ1n) is 23.2. The number of aromatic nitrogens is 2. The molecular weight excluding hydrogens is 1050 g/mol. The molecule has 8 heteroatoms. The standard InChI is InChI=1S/C62H48F2N4O.Pt/c1-61(2,3)44-30-31-65-59(36-44)68-55-17-11-10-16-51(55)52-29-28-49(38-58(52)68)69-50-33-43(40-14-8-7-9-15-40)32-48(37-50)66-39-67(57-19-13-12-18-56(57)66)60-53(41-20-24-46(63)25-21-41)34-45(62(4,5)6)35-54(60)42-22-26-47(64)27-23-42;/h7-36H,1-6H3;/q;+2. The Morgan fingerprint density at radius 2 is 1.13 bits per heavy atom. The van der Waals surface area contributed by atoms with E-state index in [4.69, 9.17) is 9.72 Å². The first kappa shape index (κ1) is 46.2. The molecule has 0 N–H and O–H groups in total. The Kier molecular flexibility index (Phi) is 11.9. The van der Waals surface area contributed by atoms with Gasteiger partial charge in [-0.3, -0.25) is 0 Å². The number of para-hydroxylation sites is 3. The van der Waals surface area contributed by atoms with Gasteiger partial charge in [0.15, 0.2) is 0 Å². The van der Waals surface area contributed by atoms with Crippen LogP contribution >= 0.6 is 0 Å². The van der Waals surface area contributed by atoms with Gasteiger partial charge in [0.05, 0.1) is 11.1 Å². The Bertz CT molecular complexity index is 3640. The third kappa shape index (κ3) is 8.61. The van der Waals surface area contributed by atoms with Gasteiger partial charge < -0.3 is 9.30 Å². The Morgan fingerprint density at radius 3 is 1.77 bits per heavy atom. The second-order valence-corrected chi connectivity index (χ2v) is 19.6. The van der Waals surface area contributed by atoms with Crippen LogP contribution in [0.5, 0.6) is 11.5 Å². The van der Waals surface area contributed by atoms with Crippen molar-refractivity contribution in [1.29, 1.82) is 0 Å². The molecule has 0 fully saturated rings. The fourth-order valence-corrected chi connectivity index (χ4v) is 9.21. The number of benzene rings is 8. The van der Waals surface area contributed by atoms with Crippen molar-refractivity contribution in [2.75, 3.05) is 0 Å². The Balaban J connectivity index is 0.00000567. The maximum Gasteiger partial charge on any atom is 2.00 e. The van der Waals surface area contributed by atoms with E-state index in [2.05, 4.69) is 148 Å². The number of hydrogen-bond donors (Lipinski definition) is 0. The molecule has 10 aromatic rings. The van der Waals surface area contributed by atoms with Crippen molar-refractivity contribution < 1.29 is 34.6 Å². The van der Waals surface area contributed by atoms with Crippen molar-refractivity contribution in [1.82, 2.24) is 18.7 Å². The summed E-state index contributed by atoms with van der Waals surface area (Å²) in [7, 11) is 0. The number of hydrogen-bond acceptors (Lipinski definition) is 2. The van der Waals surface area contributed by atoms with Gasteiger partial charge in [0, 0.05) is 35.3 Å². The Labute approximate surface area is 421 Å². The van der Waals surface area contributed by atoms with Crippen molar-refractivity contribution in [3.8, 4) is 50.7 Å². The first-order valence-corrected chi connectivity index (χ1v) is 23.2. The molecule has 0 radical (unpaired) electrons. The van der Waals surface area contributed by atoms with Crippen LogP contribution in [-0.4, -0.2) is 15.6 Å². The maximum absolute atomic E-state index is 14.6. The SMILES string of the molecule is CC(C)(C)c1ccnc(-n2c3[c-]c(Oc4[c-]c([N+]5=C=[N+](c6c(-c7ccc(F)cc7)cc(C(C)(C)C)cc6-c6ccc(F)cc6)c6ccccc65)cc(-c5ccccc5)c4)ccc3c3ccccc32)c1.[Pt+2]. The summed E-state index contributed by atoms with van der Waals surface area (Å²) in [6.45, 7) is 13.1. The summed E-state index contributed by atoms with van der Waals surface area (Å²) >= 11 is 0. The second-order valence-electron chi connectivity index (χ2n) is 19.6. The van der Waals surface area contributed by atoms with E-state index in [0.717, 1.165) is 83.6 Å². The number of fused-ring (bicyclic) bond motifs is 4. The minimum Gasteiger partial charge on any atom is -0.509 e. The molecule has 0 spiro atoms. The predicted molar refractivity (Wildman–Crippen MR) is 277 cm³/mol. The molecule has 0 saturated carbocycles. The zero-order valence-electron chi connectivity index (χ0n) is 39.6. The van der Waals surface area contributed by atoms with Crippen LogP contribution in [0.1, 0.15) is 52.7 Å². The molecule has 1 aliphatic rings. The number of ether oxygens (including phenoxy) is 1. The third-order valence-corrected chi connectivity index (χ3v) is 12.9. The number of halogens is 2. The van der Waals surface area contributed by atoms with E-state index in [-0.39, 0.29) is 43.5 Å². The summed E-state index contributed by atoms with van der Waals surface area (Å²) in [4.78, 5) is 4.87. The molecule has 8 aromatic carbocycles. The van der Waals surface area contributed by atoms with Crippen molar-refractivity contribution in [2.24, 2.45) is 0 Å². The Morgan fingerprint density at radius 1 is 0.529 bits per heavy atom. The van der Waals surface area contributed by atoms with Gasteiger partial charge in [-0.25, -0.2) is 13.8 Å². The van der Waals surface area contributed by atoms with Gasteiger partial charge in [-0.15, -0.1) is 29.1 Å². The molecule has 344 valence electrons. The average molecular weight is 1100 g/mol. The fraction of sp³-hybridized carbons (Fsp3) is 0.129. The molecule has 0 amide bonds. The summed E-state index contributed by atoms with van der Waals surface area (Å²) in [6, 6.07) is 67.7. The minimum absolute atomic E-state index is 0. The van der Waals surface area contributed by atoms with Gasteiger partial charge in [0.2, 0.25) is 5.69 Å². The van der Waals surface area contributed by atoms with E-state index in [9.17, 15) is 8.78 Å². The molecule has 11 rings (SSSR count). The average Bonchev–Trinajstić information content (AvgIpc) is 3.90. The van der Waals surface area contributed by atoms with Gasteiger partial charge in [0.25, 0.3) is 11.4 Å². The molecule has 1 aliphatic heterocycles. The molecule has 2 aromatic heterocycles. The summed E-state index contributed by atoms with van der Waals surface area (Å²) in [5.74, 6) is 1.18. The van der Waals surface area contributed by atoms with E-state index in [1.807, 2.05) is 83.6 Å². The smallest absolute Gasteiger partial charge is 0.509 e. The van der Waals surface area contributed by atoms with Gasteiger partial charge in [-0.05, 0) is 103 Å². The zero-order valence-corrected chi connectivity index (χ0v) is 41.9. The van der Waals surface area contributed by atoms with Crippen LogP contribution in [0, 0.1) is 23.8 Å². The van der Waals surface area contributed by atoms with Crippen LogP contribution in [0.3, 0.4) is 0 Å². The summed E-state index contributed by atoms with van der Waals surface area (Å²) in [6.07, 6.45) is 1.88. The maximum atomic E-state index is 14.6. The van der Waals surface area contributed by atoms with E-state index in [1.54, 1.807) is 0 Å². The van der Waals surface area contributed by atoms with Gasteiger partial charge in [-0.1, -0.05) is 149 Å². The van der Waals surface area contributed by atoms with Gasteiger partial charge in [-0.2, -0.15) is 6.07 Å².